The number of para-hydroxylation sites is 2. The lowest BCUT2D eigenvalue weighted by molar-refractivity contribution is -0.138. The van der Waals surface area contributed by atoms with Gasteiger partial charge in [-0.3, -0.25) is 43.7 Å². The summed E-state index contributed by atoms with van der Waals surface area (Å²) < 4.78 is 41.7. The highest BCUT2D eigenvalue weighted by molar-refractivity contribution is 8.02. The number of aliphatic imine (C=N–C) groups is 1. The number of carbonyl (C=O) groups is 5. The summed E-state index contributed by atoms with van der Waals surface area (Å²) in [6, 6.07) is 31.3. The summed E-state index contributed by atoms with van der Waals surface area (Å²) in [7, 11) is 4.71. The van der Waals surface area contributed by atoms with Crippen LogP contribution in [0.5, 0.6) is 23.0 Å². The van der Waals surface area contributed by atoms with Gasteiger partial charge in [-0.25, -0.2) is 0 Å². The molecule has 6 aliphatic rings. The van der Waals surface area contributed by atoms with E-state index in [4.69, 9.17) is 38.2 Å². The van der Waals surface area contributed by atoms with Crippen molar-refractivity contribution >= 4 is 75.9 Å². The number of hydrogen-bond acceptors (Lipinski definition) is 16. The lowest BCUT2D eigenvalue weighted by Crippen LogP contribution is -2.54. The monoisotopic (exact) mass is 1270 g/mol. The first kappa shape index (κ1) is 65.4. The lowest BCUT2D eigenvalue weighted by Gasteiger charge is -2.42. The Morgan fingerprint density at radius 2 is 1.36 bits per heavy atom. The van der Waals surface area contributed by atoms with Crippen molar-refractivity contribution in [1.29, 1.82) is 0 Å². The molecule has 5 aliphatic heterocycles. The molecule has 5 aromatic rings. The van der Waals surface area contributed by atoms with Crippen LogP contribution in [0, 0.1) is 17.9 Å². The summed E-state index contributed by atoms with van der Waals surface area (Å²) in [6.45, 7) is 11.3. The number of ether oxygens (including phenoxy) is 7. The van der Waals surface area contributed by atoms with E-state index in [-0.39, 0.29) is 79.8 Å². The second-order valence-corrected chi connectivity index (χ2v) is 26.9. The van der Waals surface area contributed by atoms with Gasteiger partial charge in [-0.2, -0.15) is 0 Å². The number of carbonyl (C=O) groups excluding carboxylic acids is 5. The Labute approximate surface area is 544 Å². The Balaban J connectivity index is 0.868. The average Bonchev–Trinajstić information content (AvgIpc) is 1.61. The second-order valence-electron chi connectivity index (χ2n) is 25.0. The second kappa shape index (κ2) is 29.2. The normalized spacial score (nSPS) is 18.3. The number of benzene rings is 5. The molecule has 0 spiro atoms. The number of fused-ring (bicyclic) bond motifs is 8. The van der Waals surface area contributed by atoms with Crippen LogP contribution >= 0.6 is 11.8 Å². The summed E-state index contributed by atoms with van der Waals surface area (Å²) in [6.07, 6.45) is 10.6. The number of rotatable bonds is 29. The van der Waals surface area contributed by atoms with Crippen molar-refractivity contribution in [3.8, 4) is 35.0 Å². The maximum absolute atomic E-state index is 14.5. The summed E-state index contributed by atoms with van der Waals surface area (Å²) in [5, 5.41) is 5.90. The molecule has 1 saturated heterocycles. The van der Waals surface area contributed by atoms with E-state index in [0.717, 1.165) is 77.8 Å². The van der Waals surface area contributed by atoms with Gasteiger partial charge in [0.05, 0.1) is 81.0 Å². The molecule has 1 aliphatic carbocycles. The molecule has 3 atom stereocenters. The smallest absolute Gasteiger partial charge is 0.261 e. The highest BCUT2D eigenvalue weighted by atomic mass is 32.2. The summed E-state index contributed by atoms with van der Waals surface area (Å²) in [5.74, 6) is 4.04. The molecule has 19 nitrogen and oxygen atoms in total. The summed E-state index contributed by atoms with van der Waals surface area (Å²) in [5.41, 5.74) is 7.55. The largest absolute Gasteiger partial charge is 0.493 e. The Morgan fingerprint density at radius 3 is 2.04 bits per heavy atom. The molecular formula is C72H85N7O12S. The number of imide groups is 1. The van der Waals surface area contributed by atoms with Crippen LogP contribution in [0.2, 0.25) is 0 Å². The number of likely N-dealkylation sites (tertiary alicyclic amines) is 1. The van der Waals surface area contributed by atoms with Crippen LogP contribution < -0.4 is 44.3 Å². The SMILES string of the molecule is CCC(CC)(NC(=O)CCN1C(=O)CC(SC(C)(C)CN(CCOCCOCCOC)c2cc(COc3cc4c(cc3OC)C(=O)N3c5ccccc5C[C@H]3C=N4)cc(COc3cc4c(cc3OC)C(=O)N3c5ccccc5CC3C#CN4)c2)C1=O)C1CCCCC1. The molecule has 0 aromatic heterocycles. The fourth-order valence-electron chi connectivity index (χ4n) is 13.9. The number of nitrogens with zero attached hydrogens (tertiary/aromatic N) is 5. The van der Waals surface area contributed by atoms with Crippen LogP contribution in [0.15, 0.2) is 96.0 Å². The molecule has 5 amide bonds. The van der Waals surface area contributed by atoms with Crippen molar-refractivity contribution in [3.05, 3.63) is 124 Å². The highest BCUT2D eigenvalue weighted by Crippen LogP contribution is 2.44. The van der Waals surface area contributed by atoms with E-state index < -0.39 is 10.00 Å². The quantitative estimate of drug-likeness (QED) is 0.0260. The minimum atomic E-state index is -0.661. The highest BCUT2D eigenvalue weighted by Gasteiger charge is 2.44. The first-order chi connectivity index (χ1) is 44.6. The van der Waals surface area contributed by atoms with Gasteiger partial charge in [-0.05, 0) is 110 Å². The van der Waals surface area contributed by atoms with Crippen LogP contribution in [0.25, 0.3) is 0 Å². The first-order valence-corrected chi connectivity index (χ1v) is 33.2. The number of nitrogens with one attached hydrogen (secondary N) is 2. The van der Waals surface area contributed by atoms with E-state index in [1.807, 2.05) is 72.9 Å². The molecular weight excluding hydrogens is 1190 g/mol. The molecule has 1 saturated carbocycles. The Hall–Kier alpha value is -8.09. The topological polar surface area (TPSA) is 199 Å². The third-order valence-electron chi connectivity index (χ3n) is 18.6. The number of hydrogen-bond donors (Lipinski definition) is 2. The molecule has 0 radical (unpaired) electrons. The van der Waals surface area contributed by atoms with E-state index in [9.17, 15) is 24.0 Å². The number of methoxy groups -OCH3 is 3. The van der Waals surface area contributed by atoms with Crippen molar-refractivity contribution in [2.45, 2.75) is 139 Å². The van der Waals surface area contributed by atoms with Crippen LogP contribution in [0.3, 0.4) is 0 Å². The third kappa shape index (κ3) is 14.4. The molecule has 0 bridgehead atoms. The maximum Gasteiger partial charge on any atom is 0.261 e. The minimum Gasteiger partial charge on any atom is -0.493 e. The van der Waals surface area contributed by atoms with Crippen LogP contribution in [0.4, 0.5) is 28.4 Å². The number of thioether (sulfide) groups is 1. The van der Waals surface area contributed by atoms with Gasteiger partial charge in [-0.1, -0.05) is 75.4 Å². The average molecular weight is 1270 g/mol. The molecule has 2 fully saturated rings. The van der Waals surface area contributed by atoms with E-state index in [0.29, 0.717) is 110 Å². The molecule has 486 valence electrons. The van der Waals surface area contributed by atoms with Gasteiger partial charge in [0, 0.05) is 104 Å². The van der Waals surface area contributed by atoms with Crippen LogP contribution in [0.1, 0.15) is 128 Å². The first-order valence-electron chi connectivity index (χ1n) is 32.3. The fraction of sp³-hybridized carbons (Fsp3) is 0.472. The molecule has 5 heterocycles. The predicted molar refractivity (Wildman–Crippen MR) is 357 cm³/mol. The van der Waals surface area contributed by atoms with Gasteiger partial charge in [-0.15, -0.1) is 11.8 Å². The van der Waals surface area contributed by atoms with E-state index in [1.165, 1.54) is 30.2 Å². The minimum absolute atomic E-state index is 0.0262. The zero-order valence-electron chi connectivity index (χ0n) is 53.9. The molecule has 5 aromatic carbocycles. The third-order valence-corrected chi connectivity index (χ3v) is 20.0. The van der Waals surface area contributed by atoms with Gasteiger partial charge < -0.3 is 48.7 Å². The van der Waals surface area contributed by atoms with Gasteiger partial charge in [0.2, 0.25) is 17.7 Å². The van der Waals surface area contributed by atoms with Crippen molar-refractivity contribution in [3.63, 3.8) is 0 Å². The van der Waals surface area contributed by atoms with Gasteiger partial charge in [0.1, 0.15) is 19.3 Å². The van der Waals surface area contributed by atoms with Gasteiger partial charge >= 0.3 is 0 Å². The van der Waals surface area contributed by atoms with E-state index in [2.05, 4.69) is 55.2 Å². The van der Waals surface area contributed by atoms with Crippen molar-refractivity contribution in [2.75, 3.05) is 94.0 Å². The van der Waals surface area contributed by atoms with Crippen molar-refractivity contribution in [2.24, 2.45) is 10.9 Å². The Bertz CT molecular complexity index is 3650. The zero-order chi connectivity index (χ0) is 64.5. The summed E-state index contributed by atoms with van der Waals surface area (Å²) in [4.78, 5) is 82.5. The Morgan fingerprint density at radius 1 is 0.728 bits per heavy atom. The van der Waals surface area contributed by atoms with Crippen molar-refractivity contribution in [1.82, 2.24) is 10.2 Å². The molecule has 20 heteroatoms. The standard InChI is InChI=1S/C72H85N7O12S/c1-8-72(9-2,51-19-11-10-12-20-51)75-66(80)24-26-77-67(81)42-65(70(77)84)92-71(3,4)46-76(27-28-88-31-32-89-30-29-85-5)53-34-47(44-90-63-40-57-55(38-61(63)86-6)68(82)78-52(23-25-73-57)36-49-17-13-15-21-59(49)78)33-48(35-53)45-91-64-41-58-56(39-62(64)87-7)69(83)79-54(43-74-58)37-50-18-14-16-22-60(50)79/h13-18,21-22,33-35,38-41,43,51-52,54,65,73H,8-12,19-20,24,26-32,36-37,42,44-46H2,1-7H3,(H,75,80)/t52?,54-,65?/m0/s1. The molecule has 92 heavy (non-hydrogen) atoms. The molecule has 2 unspecified atom stereocenters. The lowest BCUT2D eigenvalue weighted by atomic mass is 9.71. The van der Waals surface area contributed by atoms with Crippen LogP contribution in [-0.2, 0) is 54.6 Å². The van der Waals surface area contributed by atoms with Crippen LogP contribution in [-0.4, -0.2) is 142 Å². The van der Waals surface area contributed by atoms with Gasteiger partial charge in [0.25, 0.3) is 11.8 Å². The maximum atomic E-state index is 14.5. The summed E-state index contributed by atoms with van der Waals surface area (Å²) >= 11 is 1.45. The molecule has 11 rings (SSSR count). The van der Waals surface area contributed by atoms with E-state index in [1.54, 1.807) is 48.3 Å². The Kier molecular flexibility index (Phi) is 20.8. The zero-order valence-corrected chi connectivity index (χ0v) is 54.8. The molecule has 2 N–H and O–H groups in total. The van der Waals surface area contributed by atoms with Gasteiger partial charge in [0.15, 0.2) is 23.0 Å². The number of amides is 5. The number of anilines is 4. The van der Waals surface area contributed by atoms with E-state index >= 15 is 0 Å². The predicted octanol–water partition coefficient (Wildman–Crippen LogP) is 10.9. The van der Waals surface area contributed by atoms with Crippen molar-refractivity contribution < 1.29 is 57.1 Å². The fourth-order valence-corrected chi connectivity index (χ4v) is 15.4.